The van der Waals surface area contributed by atoms with Crippen LogP contribution in [0, 0.1) is 0 Å². The van der Waals surface area contributed by atoms with E-state index in [1.807, 2.05) is 24.3 Å². The van der Waals surface area contributed by atoms with Crippen LogP contribution in [-0.2, 0) is 6.54 Å². The van der Waals surface area contributed by atoms with Crippen LogP contribution in [0.5, 0.6) is 0 Å². The van der Waals surface area contributed by atoms with Crippen molar-refractivity contribution < 1.29 is 4.79 Å². The van der Waals surface area contributed by atoms with Crippen molar-refractivity contribution in [1.82, 2.24) is 10.2 Å². The molecule has 1 aromatic carbocycles. The molecule has 0 bridgehead atoms. The summed E-state index contributed by atoms with van der Waals surface area (Å²) in [6.07, 6.45) is 2.45. The molecular formula is C14H22N2O. The molecule has 1 aromatic rings. The summed E-state index contributed by atoms with van der Waals surface area (Å²) in [4.78, 5) is 13.7. The van der Waals surface area contributed by atoms with Gasteiger partial charge in [-0.3, -0.25) is 4.79 Å². The highest BCUT2D eigenvalue weighted by Crippen LogP contribution is 2.07. The second kappa shape index (κ2) is 7.07. The zero-order chi connectivity index (χ0) is 12.7. The van der Waals surface area contributed by atoms with E-state index >= 15 is 0 Å². The first-order valence-electron chi connectivity index (χ1n) is 6.17. The quantitative estimate of drug-likeness (QED) is 0.819. The van der Waals surface area contributed by atoms with Crippen LogP contribution in [-0.4, -0.2) is 31.4 Å². The molecule has 0 saturated carbocycles. The number of hydrogen-bond donors (Lipinski definition) is 1. The predicted octanol–water partition coefficient (Wildman–Crippen LogP) is 2.28. The number of nitrogens with one attached hydrogen (secondary N) is 1. The van der Waals surface area contributed by atoms with Crippen LogP contribution in [0.1, 0.15) is 35.7 Å². The maximum Gasteiger partial charge on any atom is 0.251 e. The van der Waals surface area contributed by atoms with E-state index in [2.05, 4.69) is 24.2 Å². The molecule has 1 N–H and O–H groups in total. The highest BCUT2D eigenvalue weighted by Gasteiger charge is 2.03. The maximum absolute atomic E-state index is 11.4. The smallest absolute Gasteiger partial charge is 0.251 e. The van der Waals surface area contributed by atoms with Crippen molar-refractivity contribution in [3.8, 4) is 0 Å². The molecule has 0 fully saturated rings. The van der Waals surface area contributed by atoms with Gasteiger partial charge in [0, 0.05) is 19.2 Å². The van der Waals surface area contributed by atoms with Gasteiger partial charge in [0.2, 0.25) is 0 Å². The lowest BCUT2D eigenvalue weighted by atomic mass is 10.1. The van der Waals surface area contributed by atoms with Gasteiger partial charge in [-0.1, -0.05) is 25.5 Å². The molecular weight excluding hydrogens is 212 g/mol. The molecule has 0 aliphatic heterocycles. The Morgan fingerprint density at radius 3 is 2.47 bits per heavy atom. The van der Waals surface area contributed by atoms with Gasteiger partial charge in [0.25, 0.3) is 5.91 Å². The lowest BCUT2D eigenvalue weighted by Crippen LogP contribution is -2.20. The Morgan fingerprint density at radius 2 is 1.94 bits per heavy atom. The molecule has 3 heteroatoms. The highest BCUT2D eigenvalue weighted by molar-refractivity contribution is 5.93. The molecule has 1 amide bonds. The third kappa shape index (κ3) is 4.57. The number of rotatable bonds is 6. The van der Waals surface area contributed by atoms with Crippen LogP contribution in [0.4, 0.5) is 0 Å². The fraction of sp³-hybridized carbons (Fsp3) is 0.500. The molecule has 3 nitrogen and oxygen atoms in total. The summed E-state index contributed by atoms with van der Waals surface area (Å²) in [5.41, 5.74) is 1.96. The summed E-state index contributed by atoms with van der Waals surface area (Å²) in [5.74, 6) is -0.0316. The summed E-state index contributed by atoms with van der Waals surface area (Å²) in [6, 6.07) is 7.80. The van der Waals surface area contributed by atoms with Crippen LogP contribution >= 0.6 is 0 Å². The predicted molar refractivity (Wildman–Crippen MR) is 71.1 cm³/mol. The average Bonchev–Trinajstić information content (AvgIpc) is 2.36. The lowest BCUT2D eigenvalue weighted by Gasteiger charge is -2.16. The van der Waals surface area contributed by atoms with Crippen molar-refractivity contribution in [3.63, 3.8) is 0 Å². The van der Waals surface area contributed by atoms with Crippen molar-refractivity contribution in [2.24, 2.45) is 0 Å². The molecule has 0 aliphatic carbocycles. The number of nitrogens with zero attached hydrogens (tertiary/aromatic N) is 1. The monoisotopic (exact) mass is 234 g/mol. The minimum Gasteiger partial charge on any atom is -0.355 e. The van der Waals surface area contributed by atoms with Crippen molar-refractivity contribution in [1.29, 1.82) is 0 Å². The topological polar surface area (TPSA) is 32.3 Å². The molecule has 0 aliphatic rings. The van der Waals surface area contributed by atoms with Crippen molar-refractivity contribution in [3.05, 3.63) is 35.4 Å². The fourth-order valence-electron chi connectivity index (χ4n) is 1.72. The molecule has 0 saturated heterocycles. The zero-order valence-corrected chi connectivity index (χ0v) is 11.0. The number of unbranched alkanes of at least 4 members (excludes halogenated alkanes) is 1. The van der Waals surface area contributed by atoms with E-state index in [1.54, 1.807) is 7.05 Å². The van der Waals surface area contributed by atoms with Gasteiger partial charge < -0.3 is 10.2 Å². The number of hydrogen-bond acceptors (Lipinski definition) is 2. The molecule has 17 heavy (non-hydrogen) atoms. The van der Waals surface area contributed by atoms with Crippen LogP contribution in [0.2, 0.25) is 0 Å². The summed E-state index contributed by atoms with van der Waals surface area (Å²) in [7, 11) is 3.77. The Hall–Kier alpha value is -1.35. The highest BCUT2D eigenvalue weighted by atomic mass is 16.1. The Bertz CT molecular complexity index is 346. The summed E-state index contributed by atoms with van der Waals surface area (Å²) >= 11 is 0. The van der Waals surface area contributed by atoms with Crippen LogP contribution in [0.3, 0.4) is 0 Å². The van der Waals surface area contributed by atoms with Crippen LogP contribution in [0.25, 0.3) is 0 Å². The van der Waals surface area contributed by atoms with Gasteiger partial charge in [-0.25, -0.2) is 0 Å². The van der Waals surface area contributed by atoms with Gasteiger partial charge in [-0.15, -0.1) is 0 Å². The van der Waals surface area contributed by atoms with E-state index in [1.165, 1.54) is 18.4 Å². The Morgan fingerprint density at radius 1 is 1.29 bits per heavy atom. The number of amides is 1. The Labute approximate surface area is 104 Å². The summed E-state index contributed by atoms with van der Waals surface area (Å²) in [6.45, 7) is 4.26. The first-order chi connectivity index (χ1) is 8.17. The molecule has 0 atom stereocenters. The van der Waals surface area contributed by atoms with Gasteiger partial charge in [-0.2, -0.15) is 0 Å². The average molecular weight is 234 g/mol. The van der Waals surface area contributed by atoms with Gasteiger partial charge >= 0.3 is 0 Å². The van der Waals surface area contributed by atoms with Crippen LogP contribution in [0.15, 0.2) is 24.3 Å². The van der Waals surface area contributed by atoms with E-state index in [0.29, 0.717) is 5.56 Å². The maximum atomic E-state index is 11.4. The minimum atomic E-state index is -0.0316. The molecule has 0 spiro atoms. The van der Waals surface area contributed by atoms with Gasteiger partial charge in [-0.05, 0) is 37.7 Å². The van der Waals surface area contributed by atoms with E-state index < -0.39 is 0 Å². The van der Waals surface area contributed by atoms with E-state index in [9.17, 15) is 4.79 Å². The molecule has 0 heterocycles. The SMILES string of the molecule is CCCCN(C)Cc1ccc(C(=O)NC)cc1. The van der Waals surface area contributed by atoms with Gasteiger partial charge in [0.15, 0.2) is 0 Å². The summed E-state index contributed by atoms with van der Waals surface area (Å²) in [5, 5.41) is 2.62. The lowest BCUT2D eigenvalue weighted by molar-refractivity contribution is 0.0963. The van der Waals surface area contributed by atoms with E-state index in [4.69, 9.17) is 0 Å². The second-order valence-corrected chi connectivity index (χ2v) is 4.37. The largest absolute Gasteiger partial charge is 0.355 e. The normalized spacial score (nSPS) is 10.6. The van der Waals surface area contributed by atoms with E-state index in [-0.39, 0.29) is 5.91 Å². The molecule has 94 valence electrons. The third-order valence-corrected chi connectivity index (χ3v) is 2.79. The standard InChI is InChI=1S/C14H22N2O/c1-4-5-10-16(3)11-12-6-8-13(9-7-12)14(17)15-2/h6-9H,4-5,10-11H2,1-3H3,(H,15,17). The molecule has 0 aromatic heterocycles. The number of carbonyl (C=O) groups excluding carboxylic acids is 1. The number of benzene rings is 1. The first-order valence-corrected chi connectivity index (χ1v) is 6.17. The van der Waals surface area contributed by atoms with Gasteiger partial charge in [0.1, 0.15) is 0 Å². The van der Waals surface area contributed by atoms with Crippen molar-refractivity contribution in [2.75, 3.05) is 20.6 Å². The number of carbonyl (C=O) groups is 1. The van der Waals surface area contributed by atoms with Crippen molar-refractivity contribution in [2.45, 2.75) is 26.3 Å². The van der Waals surface area contributed by atoms with Crippen LogP contribution < -0.4 is 5.32 Å². The second-order valence-electron chi connectivity index (χ2n) is 4.37. The molecule has 0 radical (unpaired) electrons. The fourth-order valence-corrected chi connectivity index (χ4v) is 1.72. The van der Waals surface area contributed by atoms with Crippen molar-refractivity contribution >= 4 is 5.91 Å². The molecule has 1 rings (SSSR count). The first kappa shape index (κ1) is 13.7. The van der Waals surface area contributed by atoms with Gasteiger partial charge in [0.05, 0.1) is 0 Å². The zero-order valence-electron chi connectivity index (χ0n) is 11.0. The Balaban J connectivity index is 2.53. The van der Waals surface area contributed by atoms with E-state index in [0.717, 1.165) is 13.1 Å². The molecule has 0 unspecified atom stereocenters. The summed E-state index contributed by atoms with van der Waals surface area (Å²) < 4.78 is 0. The Kier molecular flexibility index (Phi) is 5.70. The third-order valence-electron chi connectivity index (χ3n) is 2.79. The minimum absolute atomic E-state index is 0.0316.